The van der Waals surface area contributed by atoms with E-state index in [1.165, 1.54) is 0 Å². The molecule has 4 nitrogen and oxygen atoms in total. The minimum atomic E-state index is 0.418. The van der Waals surface area contributed by atoms with E-state index < -0.39 is 0 Å². The Labute approximate surface area is 134 Å². The molecule has 0 spiro atoms. The molecule has 0 aliphatic rings. The lowest BCUT2D eigenvalue weighted by atomic mass is 10.0. The molecule has 0 unspecified atom stereocenters. The number of halogens is 1. The minimum absolute atomic E-state index is 0.418. The Bertz CT molecular complexity index is 849. The molecular formula is C17H16ClN3O. The Kier molecular flexibility index (Phi) is 3.94. The molecule has 0 amide bonds. The first-order valence-electron chi connectivity index (χ1n) is 7.31. The number of fused-ring (bicyclic) bond motifs is 1. The predicted molar refractivity (Wildman–Crippen MR) is 87.7 cm³/mol. The summed E-state index contributed by atoms with van der Waals surface area (Å²) in [7, 11) is 0. The van der Waals surface area contributed by atoms with Gasteiger partial charge in [-0.15, -0.1) is 9.97 Å². The van der Waals surface area contributed by atoms with Crippen molar-refractivity contribution >= 4 is 22.6 Å². The smallest absolute Gasteiger partial charge is 0.274 e. The Morgan fingerprint density at radius 2 is 2.00 bits per heavy atom. The van der Waals surface area contributed by atoms with E-state index in [0.29, 0.717) is 22.9 Å². The van der Waals surface area contributed by atoms with Crippen LogP contribution in [-0.4, -0.2) is 9.97 Å². The van der Waals surface area contributed by atoms with E-state index in [-0.39, 0.29) is 0 Å². The van der Waals surface area contributed by atoms with Crippen molar-refractivity contribution in [2.24, 2.45) is 0 Å². The third kappa shape index (κ3) is 2.40. The van der Waals surface area contributed by atoms with E-state index in [1.54, 1.807) is 6.20 Å². The van der Waals surface area contributed by atoms with Gasteiger partial charge in [0, 0.05) is 17.0 Å². The van der Waals surface area contributed by atoms with Crippen molar-refractivity contribution in [3.05, 3.63) is 58.1 Å². The molecule has 0 aliphatic carbocycles. The number of benzene rings is 1. The molecule has 0 radical (unpaired) electrons. The second-order valence-corrected chi connectivity index (χ2v) is 5.49. The van der Waals surface area contributed by atoms with Crippen LogP contribution in [0.1, 0.15) is 25.2 Å². The van der Waals surface area contributed by atoms with Gasteiger partial charge in [-0.25, -0.2) is 4.73 Å². The Morgan fingerprint density at radius 1 is 1.18 bits per heavy atom. The molecular weight excluding hydrogens is 298 g/mol. The summed E-state index contributed by atoms with van der Waals surface area (Å²) in [5.74, 6) is 0.461. The van der Waals surface area contributed by atoms with Gasteiger partial charge in [0.1, 0.15) is 6.20 Å². The molecule has 1 aromatic carbocycles. The minimum Gasteiger partial charge on any atom is -0.740 e. The summed E-state index contributed by atoms with van der Waals surface area (Å²) in [5, 5.41) is 13.9. The second-order valence-electron chi connectivity index (χ2n) is 5.06. The van der Waals surface area contributed by atoms with Gasteiger partial charge in [-0.05, 0) is 30.2 Å². The van der Waals surface area contributed by atoms with Crippen LogP contribution >= 0.6 is 11.6 Å². The lowest BCUT2D eigenvalue weighted by Crippen LogP contribution is -2.35. The summed E-state index contributed by atoms with van der Waals surface area (Å²) in [5.41, 5.74) is 3.14. The number of nitrogens with zero attached hydrogens (tertiary/aromatic N) is 3. The van der Waals surface area contributed by atoms with E-state index >= 15 is 0 Å². The van der Waals surface area contributed by atoms with Gasteiger partial charge in [-0.3, -0.25) is 0 Å². The number of pyridine rings is 1. The van der Waals surface area contributed by atoms with Crippen molar-refractivity contribution in [1.82, 2.24) is 9.97 Å². The predicted octanol–water partition coefficient (Wildman–Crippen LogP) is 3.71. The number of hydrogen-bond donors (Lipinski definition) is 0. The van der Waals surface area contributed by atoms with E-state index in [1.807, 2.05) is 37.3 Å². The fourth-order valence-corrected chi connectivity index (χ4v) is 2.81. The number of rotatable bonds is 3. The monoisotopic (exact) mass is 313 g/mol. The van der Waals surface area contributed by atoms with Gasteiger partial charge in [0.15, 0.2) is 5.69 Å². The van der Waals surface area contributed by atoms with Crippen LogP contribution in [0, 0.1) is 5.21 Å². The normalized spacial score (nSPS) is 11.0. The number of aromatic nitrogens is 3. The first-order valence-corrected chi connectivity index (χ1v) is 7.69. The summed E-state index contributed by atoms with van der Waals surface area (Å²) >= 11 is 6.11. The van der Waals surface area contributed by atoms with Crippen molar-refractivity contribution in [2.75, 3.05) is 0 Å². The van der Waals surface area contributed by atoms with Gasteiger partial charge in [0.05, 0.1) is 5.39 Å². The lowest BCUT2D eigenvalue weighted by Gasteiger charge is -2.13. The van der Waals surface area contributed by atoms with Gasteiger partial charge in [-0.1, -0.05) is 37.6 Å². The summed E-state index contributed by atoms with van der Waals surface area (Å²) in [6.07, 6.45) is 3.03. The SMILES string of the molecule is CCc1ccnc2c1c(-c1cccc(Cl)c1)nc(CC)[n+]2[O-]. The highest BCUT2D eigenvalue weighted by molar-refractivity contribution is 6.30. The molecule has 0 aliphatic heterocycles. The van der Waals surface area contributed by atoms with Gasteiger partial charge in [-0.2, -0.15) is 0 Å². The molecule has 3 aromatic rings. The molecule has 0 N–H and O–H groups in total. The van der Waals surface area contributed by atoms with Crippen molar-refractivity contribution in [1.29, 1.82) is 0 Å². The Balaban J connectivity index is 2.44. The molecule has 0 bridgehead atoms. The maximum absolute atomic E-state index is 12.4. The van der Waals surface area contributed by atoms with Crippen molar-refractivity contribution in [2.45, 2.75) is 26.7 Å². The highest BCUT2D eigenvalue weighted by atomic mass is 35.5. The zero-order valence-electron chi connectivity index (χ0n) is 12.5. The van der Waals surface area contributed by atoms with Gasteiger partial charge < -0.3 is 5.21 Å². The molecule has 112 valence electrons. The van der Waals surface area contributed by atoms with Crippen LogP contribution in [0.2, 0.25) is 5.02 Å². The van der Waals surface area contributed by atoms with Crippen LogP contribution in [0.5, 0.6) is 0 Å². The van der Waals surface area contributed by atoms with E-state index in [2.05, 4.69) is 16.9 Å². The Hall–Kier alpha value is -2.20. The summed E-state index contributed by atoms with van der Waals surface area (Å²) in [6.45, 7) is 3.97. The van der Waals surface area contributed by atoms with Gasteiger partial charge in [0.2, 0.25) is 5.82 Å². The number of hydrogen-bond acceptors (Lipinski definition) is 3. The maximum atomic E-state index is 12.4. The summed E-state index contributed by atoms with van der Waals surface area (Å²) in [4.78, 5) is 8.87. The lowest BCUT2D eigenvalue weighted by molar-refractivity contribution is -0.591. The van der Waals surface area contributed by atoms with Crippen LogP contribution < -0.4 is 4.73 Å². The topological polar surface area (TPSA) is 52.7 Å². The van der Waals surface area contributed by atoms with E-state index in [4.69, 9.17) is 11.6 Å². The molecule has 2 aromatic heterocycles. The first kappa shape index (κ1) is 14.7. The van der Waals surface area contributed by atoms with E-state index in [0.717, 1.165) is 33.4 Å². The second kappa shape index (κ2) is 5.89. The van der Waals surface area contributed by atoms with Gasteiger partial charge in [0.25, 0.3) is 5.65 Å². The zero-order chi connectivity index (χ0) is 15.7. The van der Waals surface area contributed by atoms with Crippen LogP contribution in [0.25, 0.3) is 22.3 Å². The van der Waals surface area contributed by atoms with Crippen molar-refractivity contribution in [3.8, 4) is 11.3 Å². The van der Waals surface area contributed by atoms with Gasteiger partial charge >= 0.3 is 0 Å². The van der Waals surface area contributed by atoms with Crippen LogP contribution in [0.3, 0.4) is 0 Å². The summed E-state index contributed by atoms with van der Waals surface area (Å²) < 4.78 is 0.836. The van der Waals surface area contributed by atoms with Crippen molar-refractivity contribution < 1.29 is 4.73 Å². The zero-order valence-corrected chi connectivity index (χ0v) is 13.3. The largest absolute Gasteiger partial charge is 0.740 e. The Morgan fingerprint density at radius 3 is 2.68 bits per heavy atom. The standard InChI is InChI=1S/C17H16ClN3O/c1-3-11-8-9-19-17-15(11)16(20-14(4-2)21(17)22)12-6-5-7-13(18)10-12/h5-10H,3-4H2,1-2H3. The fraction of sp³-hybridized carbons (Fsp3) is 0.235. The molecule has 0 saturated carbocycles. The van der Waals surface area contributed by atoms with Crippen LogP contribution in [-0.2, 0) is 12.8 Å². The highest BCUT2D eigenvalue weighted by Crippen LogP contribution is 2.29. The fourth-order valence-electron chi connectivity index (χ4n) is 2.62. The maximum Gasteiger partial charge on any atom is 0.274 e. The average molecular weight is 314 g/mol. The molecule has 3 rings (SSSR count). The molecule has 22 heavy (non-hydrogen) atoms. The first-order chi connectivity index (χ1) is 10.7. The third-order valence-electron chi connectivity index (χ3n) is 3.72. The quantitative estimate of drug-likeness (QED) is 0.547. The summed E-state index contributed by atoms with van der Waals surface area (Å²) in [6, 6.07) is 9.46. The van der Waals surface area contributed by atoms with Crippen molar-refractivity contribution in [3.63, 3.8) is 0 Å². The van der Waals surface area contributed by atoms with Crippen LogP contribution in [0.4, 0.5) is 0 Å². The molecule has 5 heteroatoms. The third-order valence-corrected chi connectivity index (χ3v) is 3.95. The van der Waals surface area contributed by atoms with E-state index in [9.17, 15) is 5.21 Å². The molecule has 0 saturated heterocycles. The molecule has 2 heterocycles. The average Bonchev–Trinajstić information content (AvgIpc) is 2.55. The highest BCUT2D eigenvalue weighted by Gasteiger charge is 2.20. The van der Waals surface area contributed by atoms with Crippen LogP contribution in [0.15, 0.2) is 36.5 Å². The number of aryl methyl sites for hydroxylation is 2. The molecule has 0 fully saturated rings. The molecule has 0 atom stereocenters.